The molecule has 1 heterocycles. The van der Waals surface area contributed by atoms with Crippen LogP contribution < -0.4 is 5.73 Å². The molecule has 1 aromatic heterocycles. The average Bonchev–Trinajstić information content (AvgIpc) is 2.69. The van der Waals surface area contributed by atoms with Gasteiger partial charge in [-0.05, 0) is 49.9 Å². The number of hydrogen-bond donors (Lipinski definition) is 1. The molecular formula is C13H14FN3. The first kappa shape index (κ1) is 10.3. The molecule has 4 heteroatoms. The molecule has 1 aliphatic carbocycles. The Morgan fingerprint density at radius 2 is 1.82 bits per heavy atom. The molecular weight excluding hydrogens is 217 g/mol. The summed E-state index contributed by atoms with van der Waals surface area (Å²) in [4.78, 5) is 0. The lowest BCUT2D eigenvalue weighted by atomic mass is 9.97. The quantitative estimate of drug-likeness (QED) is 0.819. The molecule has 0 bridgehead atoms. The summed E-state index contributed by atoms with van der Waals surface area (Å²) < 4.78 is 14.7. The minimum Gasteiger partial charge on any atom is -0.382 e. The molecule has 0 saturated heterocycles. The van der Waals surface area contributed by atoms with Gasteiger partial charge in [0.05, 0.1) is 5.69 Å². The smallest absolute Gasteiger partial charge is 0.149 e. The van der Waals surface area contributed by atoms with Crippen LogP contribution in [0.2, 0.25) is 0 Å². The molecule has 17 heavy (non-hydrogen) atoms. The van der Waals surface area contributed by atoms with Crippen LogP contribution in [0.3, 0.4) is 0 Å². The number of nitrogens with zero attached hydrogens (tertiary/aromatic N) is 2. The fourth-order valence-corrected chi connectivity index (χ4v) is 2.42. The van der Waals surface area contributed by atoms with E-state index >= 15 is 0 Å². The lowest BCUT2D eigenvalue weighted by Crippen LogP contribution is -2.07. The summed E-state index contributed by atoms with van der Waals surface area (Å²) in [5.74, 6) is 0.381. The Morgan fingerprint density at radius 1 is 1.12 bits per heavy atom. The lowest BCUT2D eigenvalue weighted by Gasteiger charge is -2.13. The van der Waals surface area contributed by atoms with E-state index in [0.717, 1.165) is 18.5 Å². The Hall–Kier alpha value is -1.84. The molecule has 1 aromatic carbocycles. The zero-order valence-electron chi connectivity index (χ0n) is 9.49. The van der Waals surface area contributed by atoms with E-state index in [4.69, 9.17) is 5.73 Å². The van der Waals surface area contributed by atoms with Crippen LogP contribution in [-0.2, 0) is 12.8 Å². The van der Waals surface area contributed by atoms with Crippen LogP contribution in [0.25, 0.3) is 5.69 Å². The van der Waals surface area contributed by atoms with Crippen molar-refractivity contribution in [2.75, 3.05) is 5.73 Å². The summed E-state index contributed by atoms with van der Waals surface area (Å²) in [7, 11) is 0. The van der Waals surface area contributed by atoms with E-state index in [1.807, 2.05) is 4.68 Å². The monoisotopic (exact) mass is 231 g/mol. The van der Waals surface area contributed by atoms with Crippen LogP contribution in [0.1, 0.15) is 24.1 Å². The van der Waals surface area contributed by atoms with Gasteiger partial charge in [0.1, 0.15) is 11.6 Å². The van der Waals surface area contributed by atoms with Crippen LogP contribution in [0, 0.1) is 5.82 Å². The first-order valence-electron chi connectivity index (χ1n) is 5.88. The molecule has 88 valence electrons. The van der Waals surface area contributed by atoms with Crippen molar-refractivity contribution < 1.29 is 4.39 Å². The van der Waals surface area contributed by atoms with Gasteiger partial charge in [0, 0.05) is 11.3 Å². The van der Waals surface area contributed by atoms with E-state index in [2.05, 4.69) is 5.10 Å². The van der Waals surface area contributed by atoms with E-state index in [9.17, 15) is 4.39 Å². The first-order valence-corrected chi connectivity index (χ1v) is 5.88. The van der Waals surface area contributed by atoms with Crippen molar-refractivity contribution >= 4 is 5.82 Å². The highest BCUT2D eigenvalue weighted by Gasteiger charge is 2.19. The third kappa shape index (κ3) is 1.69. The van der Waals surface area contributed by atoms with Crippen LogP contribution in [0.4, 0.5) is 10.2 Å². The molecule has 0 amide bonds. The second-order valence-electron chi connectivity index (χ2n) is 4.41. The van der Waals surface area contributed by atoms with Gasteiger partial charge in [0.15, 0.2) is 0 Å². The molecule has 0 unspecified atom stereocenters. The first-order chi connectivity index (χ1) is 8.25. The Morgan fingerprint density at radius 3 is 2.59 bits per heavy atom. The Balaban J connectivity index is 2.11. The summed E-state index contributed by atoms with van der Waals surface area (Å²) in [5, 5.41) is 4.36. The normalized spacial score (nSPS) is 14.6. The predicted molar refractivity (Wildman–Crippen MR) is 64.6 cm³/mol. The number of fused-ring (bicyclic) bond motifs is 1. The number of halogens is 1. The number of hydrogen-bond acceptors (Lipinski definition) is 2. The molecule has 2 N–H and O–H groups in total. The van der Waals surface area contributed by atoms with Gasteiger partial charge in [-0.3, -0.25) is 0 Å². The van der Waals surface area contributed by atoms with Gasteiger partial charge >= 0.3 is 0 Å². The largest absolute Gasteiger partial charge is 0.382 e. The van der Waals surface area contributed by atoms with Gasteiger partial charge in [-0.15, -0.1) is 0 Å². The van der Waals surface area contributed by atoms with Crippen molar-refractivity contribution in [2.24, 2.45) is 0 Å². The van der Waals surface area contributed by atoms with Gasteiger partial charge in [-0.2, -0.15) is 5.10 Å². The van der Waals surface area contributed by atoms with Gasteiger partial charge in [-0.1, -0.05) is 0 Å². The lowest BCUT2D eigenvalue weighted by molar-refractivity contribution is 0.625. The fraction of sp³-hybridized carbons (Fsp3) is 0.308. The zero-order valence-corrected chi connectivity index (χ0v) is 9.49. The number of nitrogens with two attached hydrogens (primary N) is 1. The van der Waals surface area contributed by atoms with Crippen LogP contribution in [0.5, 0.6) is 0 Å². The highest BCUT2D eigenvalue weighted by molar-refractivity contribution is 5.48. The Bertz CT molecular complexity index is 543. The standard InChI is InChI=1S/C13H14FN3/c14-9-5-7-10(8-6-9)17-12-4-2-1-3-11(12)13(15)16-17/h5-8H,1-4H2,(H2,15,16). The Labute approximate surface area is 99.1 Å². The molecule has 0 atom stereocenters. The molecule has 1 aliphatic rings. The molecule has 0 saturated carbocycles. The van der Waals surface area contributed by atoms with Crippen molar-refractivity contribution in [3.8, 4) is 5.69 Å². The maximum absolute atomic E-state index is 12.9. The number of anilines is 1. The van der Waals surface area contributed by atoms with Crippen molar-refractivity contribution in [3.63, 3.8) is 0 Å². The third-order valence-electron chi connectivity index (χ3n) is 3.28. The van der Waals surface area contributed by atoms with E-state index in [0.29, 0.717) is 5.82 Å². The molecule has 0 spiro atoms. The Kier molecular flexibility index (Phi) is 2.35. The van der Waals surface area contributed by atoms with Crippen molar-refractivity contribution in [3.05, 3.63) is 41.3 Å². The van der Waals surface area contributed by atoms with Crippen molar-refractivity contribution in [1.29, 1.82) is 0 Å². The number of benzene rings is 1. The second kappa shape index (κ2) is 3.87. The van der Waals surface area contributed by atoms with Gasteiger partial charge in [0.25, 0.3) is 0 Å². The van der Waals surface area contributed by atoms with Crippen LogP contribution >= 0.6 is 0 Å². The van der Waals surface area contributed by atoms with E-state index < -0.39 is 0 Å². The predicted octanol–water partition coefficient (Wildman–Crippen LogP) is 2.47. The number of rotatable bonds is 1. The SMILES string of the molecule is Nc1nn(-c2ccc(F)cc2)c2c1CCCC2. The van der Waals surface area contributed by atoms with Crippen LogP contribution in [0.15, 0.2) is 24.3 Å². The maximum atomic E-state index is 12.9. The summed E-state index contributed by atoms with van der Waals surface area (Å²) in [6.07, 6.45) is 4.34. The number of nitrogen functional groups attached to an aromatic ring is 1. The minimum atomic E-state index is -0.234. The zero-order chi connectivity index (χ0) is 11.8. The van der Waals surface area contributed by atoms with E-state index in [-0.39, 0.29) is 5.82 Å². The highest BCUT2D eigenvalue weighted by atomic mass is 19.1. The number of aromatic nitrogens is 2. The van der Waals surface area contributed by atoms with Gasteiger partial charge in [0.2, 0.25) is 0 Å². The fourth-order valence-electron chi connectivity index (χ4n) is 2.42. The van der Waals surface area contributed by atoms with Crippen molar-refractivity contribution in [2.45, 2.75) is 25.7 Å². The topological polar surface area (TPSA) is 43.8 Å². The maximum Gasteiger partial charge on any atom is 0.149 e. The second-order valence-corrected chi connectivity index (χ2v) is 4.41. The van der Waals surface area contributed by atoms with Gasteiger partial charge in [-0.25, -0.2) is 9.07 Å². The summed E-state index contributed by atoms with van der Waals surface area (Å²) in [6, 6.07) is 6.36. The molecule has 3 rings (SSSR count). The molecule has 0 radical (unpaired) electrons. The molecule has 0 fully saturated rings. The molecule has 3 nitrogen and oxygen atoms in total. The molecule has 0 aliphatic heterocycles. The van der Waals surface area contributed by atoms with Crippen molar-refractivity contribution in [1.82, 2.24) is 9.78 Å². The average molecular weight is 231 g/mol. The van der Waals surface area contributed by atoms with Gasteiger partial charge < -0.3 is 5.73 Å². The minimum absolute atomic E-state index is 0.234. The molecule has 2 aromatic rings. The van der Waals surface area contributed by atoms with E-state index in [1.54, 1.807) is 12.1 Å². The summed E-state index contributed by atoms with van der Waals surface area (Å²) in [5.41, 5.74) is 9.15. The summed E-state index contributed by atoms with van der Waals surface area (Å²) in [6.45, 7) is 0. The summed E-state index contributed by atoms with van der Waals surface area (Å²) >= 11 is 0. The highest BCUT2D eigenvalue weighted by Crippen LogP contribution is 2.28. The van der Waals surface area contributed by atoms with E-state index in [1.165, 1.54) is 36.2 Å². The van der Waals surface area contributed by atoms with Crippen LogP contribution in [-0.4, -0.2) is 9.78 Å². The third-order valence-corrected chi connectivity index (χ3v) is 3.28.